The molecule has 0 amide bonds. The Labute approximate surface area is 74.2 Å². The van der Waals surface area contributed by atoms with Crippen LogP contribution < -0.4 is 0 Å². The van der Waals surface area contributed by atoms with E-state index in [9.17, 15) is 5.11 Å². The lowest BCUT2D eigenvalue weighted by atomic mass is 9.99. The highest BCUT2D eigenvalue weighted by Gasteiger charge is 2.35. The Morgan fingerprint density at radius 1 is 1.58 bits per heavy atom. The molecule has 0 bridgehead atoms. The summed E-state index contributed by atoms with van der Waals surface area (Å²) in [4.78, 5) is 1.93. The Morgan fingerprint density at radius 2 is 2.25 bits per heavy atom. The molecule has 4 atom stereocenters. The molecule has 1 heterocycles. The van der Waals surface area contributed by atoms with E-state index in [0.29, 0.717) is 0 Å². The summed E-state index contributed by atoms with van der Waals surface area (Å²) in [6.45, 7) is 1.91. The zero-order valence-electron chi connectivity index (χ0n) is 8.73. The van der Waals surface area contributed by atoms with Gasteiger partial charge in [-0.05, 0) is 27.4 Å². The van der Waals surface area contributed by atoms with Crippen molar-refractivity contribution < 1.29 is 15.0 Å². The number of nitrogens with zero attached hydrogens (tertiary/aromatic N) is 1. The van der Waals surface area contributed by atoms with Crippen molar-refractivity contribution >= 4 is 0 Å². The Hall–Kier alpha value is -0.160. The number of aliphatic hydroxyl groups excluding tert-OH is 2. The van der Waals surface area contributed by atoms with Gasteiger partial charge in [0.25, 0.3) is 0 Å². The third-order valence-corrected chi connectivity index (χ3v) is 2.28. The van der Waals surface area contributed by atoms with Crippen molar-refractivity contribution in [1.82, 2.24) is 4.90 Å². The molecule has 0 saturated carbocycles. The monoisotopic (exact) mass is 177 g/mol. The number of aliphatic hydroxyl groups is 2. The van der Waals surface area contributed by atoms with Crippen molar-refractivity contribution in [3.05, 3.63) is 0 Å². The lowest BCUT2D eigenvalue weighted by Crippen LogP contribution is -2.53. The molecule has 1 aliphatic rings. The Balaban J connectivity index is 2.63. The molecule has 1 rings (SSSR count). The molecule has 0 spiro atoms. The van der Waals surface area contributed by atoms with Crippen LogP contribution in [0.3, 0.4) is 0 Å². The van der Waals surface area contributed by atoms with E-state index < -0.39 is 12.4 Å². The van der Waals surface area contributed by atoms with E-state index in [-0.39, 0.29) is 12.1 Å². The quantitative estimate of drug-likeness (QED) is 0.591. The summed E-state index contributed by atoms with van der Waals surface area (Å²) in [5.41, 5.74) is 0. The second kappa shape index (κ2) is 3.70. The van der Waals surface area contributed by atoms with Crippen LogP contribution in [0.5, 0.6) is 0 Å². The number of likely N-dealkylation sites (N-methyl/N-ethyl adjacent to an activating group) is 1. The molecule has 1 fully saturated rings. The van der Waals surface area contributed by atoms with Crippen molar-refractivity contribution in [3.63, 3.8) is 0 Å². The summed E-state index contributed by atoms with van der Waals surface area (Å²) >= 11 is 0. The Bertz CT molecular complexity index is 167. The summed E-state index contributed by atoms with van der Waals surface area (Å²) in [6, 6.07) is -0.000833. The first kappa shape index (κ1) is 8.44. The van der Waals surface area contributed by atoms with Gasteiger partial charge in [0.15, 0.2) is 6.29 Å². The Kier molecular flexibility index (Phi) is 2.60. The minimum Gasteiger partial charge on any atom is -0.386 e. The fraction of sp³-hybridized carbons (Fsp3) is 1.00. The van der Waals surface area contributed by atoms with Crippen molar-refractivity contribution in [2.24, 2.45) is 0 Å². The van der Waals surface area contributed by atoms with Crippen LogP contribution in [0.2, 0.25) is 0 Å². The maximum atomic E-state index is 9.71. The highest BCUT2D eigenvalue weighted by atomic mass is 16.6. The van der Waals surface area contributed by atoms with E-state index in [4.69, 9.17) is 6.17 Å². The van der Waals surface area contributed by atoms with Crippen LogP contribution in [0.25, 0.3) is 0 Å². The number of ether oxygens (including phenoxy) is 1. The molecule has 2 N–H and O–H groups in total. The summed E-state index contributed by atoms with van der Waals surface area (Å²) in [7, 11) is 3.79. The molecular formula is C8H17NO3. The highest BCUT2D eigenvalue weighted by molar-refractivity contribution is 4.84. The smallest absolute Gasteiger partial charge is 0.213 e. The lowest BCUT2D eigenvalue weighted by Gasteiger charge is -2.38. The number of hydrogen-bond acceptors (Lipinski definition) is 4. The molecule has 0 aliphatic carbocycles. The van der Waals surface area contributed by atoms with Gasteiger partial charge in [-0.3, -0.25) is 0 Å². The first-order valence-electron chi connectivity index (χ1n) is 4.59. The summed E-state index contributed by atoms with van der Waals surface area (Å²) in [5, 5.41) is 14.0. The molecule has 0 aromatic rings. The second-order valence-electron chi connectivity index (χ2n) is 3.57. The third-order valence-electron chi connectivity index (χ3n) is 2.28. The zero-order valence-corrected chi connectivity index (χ0v) is 7.73. The number of hydrogen-bond donors (Lipinski definition) is 2. The van der Waals surface area contributed by atoms with Crippen molar-refractivity contribution in [3.8, 4) is 0 Å². The fourth-order valence-electron chi connectivity index (χ4n) is 1.54. The van der Waals surface area contributed by atoms with Gasteiger partial charge in [0.2, 0.25) is 1.43 Å². The third kappa shape index (κ3) is 1.95. The van der Waals surface area contributed by atoms with Crippen molar-refractivity contribution in [1.29, 1.82) is 1.43 Å². The van der Waals surface area contributed by atoms with E-state index in [1.54, 1.807) is 0 Å². The topological polar surface area (TPSA) is 52.9 Å². The number of rotatable bonds is 2. The van der Waals surface area contributed by atoms with Gasteiger partial charge in [-0.1, -0.05) is 0 Å². The molecule has 0 aromatic carbocycles. The van der Waals surface area contributed by atoms with Gasteiger partial charge in [-0.25, -0.2) is 0 Å². The summed E-state index contributed by atoms with van der Waals surface area (Å²) in [5.74, 6) is 0. The molecule has 72 valence electrons. The van der Waals surface area contributed by atoms with Crippen molar-refractivity contribution in [2.75, 3.05) is 14.1 Å². The van der Waals surface area contributed by atoms with Crippen LogP contribution >= 0.6 is 0 Å². The molecule has 0 aromatic heterocycles. The molecule has 12 heavy (non-hydrogen) atoms. The molecular weight excluding hydrogens is 158 g/mol. The van der Waals surface area contributed by atoms with Crippen LogP contribution in [-0.2, 0) is 4.74 Å². The van der Waals surface area contributed by atoms with Crippen molar-refractivity contribution in [2.45, 2.75) is 37.9 Å². The first-order valence-corrected chi connectivity index (χ1v) is 4.18. The molecule has 0 radical (unpaired) electrons. The van der Waals surface area contributed by atoms with Crippen LogP contribution in [0, 0.1) is 0 Å². The average Bonchev–Trinajstić information content (AvgIpc) is 2.08. The summed E-state index contributed by atoms with van der Waals surface area (Å²) < 4.78 is 12.0. The van der Waals surface area contributed by atoms with Crippen LogP contribution in [-0.4, -0.2) is 55.2 Å². The van der Waals surface area contributed by atoms with Gasteiger partial charge in [0.05, 0.1) is 6.10 Å². The van der Waals surface area contributed by atoms with E-state index in [1.165, 1.54) is 0 Å². The highest BCUT2D eigenvalue weighted by Crippen LogP contribution is 2.21. The Morgan fingerprint density at radius 3 is 2.75 bits per heavy atom. The maximum Gasteiger partial charge on any atom is 0.213 e. The largest absolute Gasteiger partial charge is 0.386 e. The molecule has 4 heteroatoms. The zero-order chi connectivity index (χ0) is 10.0. The minimum atomic E-state index is -0.823. The average molecular weight is 177 g/mol. The van der Waals surface area contributed by atoms with Crippen LogP contribution in [0.4, 0.5) is 0 Å². The normalized spacial score (nSPS) is 44.6. The predicted molar refractivity (Wildman–Crippen MR) is 44.7 cm³/mol. The molecule has 1 aliphatic heterocycles. The maximum absolute atomic E-state index is 9.71. The van der Waals surface area contributed by atoms with Crippen LogP contribution in [0.15, 0.2) is 0 Å². The summed E-state index contributed by atoms with van der Waals surface area (Å²) in [6.07, 6.45) is -0.792. The van der Waals surface area contributed by atoms with Gasteiger partial charge in [-0.2, -0.15) is 0 Å². The molecule has 1 saturated heterocycles. The van der Waals surface area contributed by atoms with E-state index >= 15 is 0 Å². The fourth-order valence-corrected chi connectivity index (χ4v) is 1.54. The van der Waals surface area contributed by atoms with Gasteiger partial charge in [0.1, 0.15) is 6.10 Å². The predicted octanol–water partition coefficient (Wildman–Crippen LogP) is -0.595. The minimum absolute atomic E-state index is 0.000833. The SMILES string of the molecule is [3H]OC1OC(C)CC(N(C)C)C1O. The van der Waals surface area contributed by atoms with Gasteiger partial charge in [-0.15, -0.1) is 0 Å². The van der Waals surface area contributed by atoms with Gasteiger partial charge < -0.3 is 19.9 Å². The molecule has 4 nitrogen and oxygen atoms in total. The van der Waals surface area contributed by atoms with E-state index in [1.807, 2.05) is 25.9 Å². The second-order valence-corrected chi connectivity index (χ2v) is 3.57. The molecule has 4 unspecified atom stereocenters. The van der Waals surface area contributed by atoms with Crippen LogP contribution in [0.1, 0.15) is 13.3 Å². The van der Waals surface area contributed by atoms with E-state index in [0.717, 1.165) is 6.42 Å². The van der Waals surface area contributed by atoms with E-state index in [2.05, 4.69) is 5.11 Å². The van der Waals surface area contributed by atoms with Gasteiger partial charge in [0, 0.05) is 6.04 Å². The standard InChI is InChI=1S/C8H17NO3/c1-5-4-6(9(2)3)7(10)8(11)12-5/h5-8,10-11H,4H2,1-3H3/i11T. The van der Waals surface area contributed by atoms with Gasteiger partial charge >= 0.3 is 0 Å². The first-order chi connectivity index (χ1) is 6.06. The lowest BCUT2D eigenvalue weighted by molar-refractivity contribution is -0.230.